The lowest BCUT2D eigenvalue weighted by atomic mass is 10.1. The van der Waals surface area contributed by atoms with Crippen LogP contribution >= 0.6 is 0 Å². The maximum absolute atomic E-state index is 11.5. The largest absolute Gasteiger partial charge is 0.388 e. The molecule has 86 valence electrons. The highest BCUT2D eigenvalue weighted by Crippen LogP contribution is 2.31. The summed E-state index contributed by atoms with van der Waals surface area (Å²) < 4.78 is 10.8. The van der Waals surface area contributed by atoms with Crippen LogP contribution in [0.1, 0.15) is 13.8 Å². The first-order valence-electron chi connectivity index (χ1n) is 4.90. The van der Waals surface area contributed by atoms with Crippen LogP contribution in [0.2, 0.25) is 0 Å². The number of aliphatic hydroxyl groups is 2. The molecule has 2 aliphatic rings. The van der Waals surface area contributed by atoms with E-state index in [1.54, 1.807) is 13.8 Å². The molecule has 2 heterocycles. The van der Waals surface area contributed by atoms with Gasteiger partial charge >= 0.3 is 0 Å². The maximum Gasteiger partial charge on any atom is 0.252 e. The average molecular weight is 217 g/mol. The third-order valence-corrected chi connectivity index (χ3v) is 2.60. The topological polar surface area (TPSA) is 88.0 Å². The van der Waals surface area contributed by atoms with Gasteiger partial charge in [0.25, 0.3) is 5.91 Å². The number of nitrogens with one attached hydrogen (secondary N) is 1. The van der Waals surface area contributed by atoms with Gasteiger partial charge in [-0.25, -0.2) is 0 Å². The van der Waals surface area contributed by atoms with Crippen molar-refractivity contribution in [3.63, 3.8) is 0 Å². The fourth-order valence-corrected chi connectivity index (χ4v) is 1.89. The number of hydrogen-bond acceptors (Lipinski definition) is 5. The second kappa shape index (κ2) is 3.41. The molecule has 0 bridgehead atoms. The van der Waals surface area contributed by atoms with Gasteiger partial charge in [-0.05, 0) is 13.8 Å². The van der Waals surface area contributed by atoms with E-state index in [9.17, 15) is 15.0 Å². The van der Waals surface area contributed by atoms with Gasteiger partial charge in [0.05, 0.1) is 6.10 Å². The number of carbonyl (C=O) groups excluding carboxylic acids is 1. The van der Waals surface area contributed by atoms with E-state index in [1.165, 1.54) is 0 Å². The van der Waals surface area contributed by atoms with Crippen molar-refractivity contribution in [2.45, 2.75) is 44.1 Å². The molecule has 6 heteroatoms. The van der Waals surface area contributed by atoms with Crippen LogP contribution in [-0.2, 0) is 14.3 Å². The molecule has 2 aliphatic heterocycles. The molecular weight excluding hydrogens is 202 g/mol. The van der Waals surface area contributed by atoms with Crippen molar-refractivity contribution < 1.29 is 24.5 Å². The van der Waals surface area contributed by atoms with E-state index >= 15 is 0 Å². The molecular formula is C9H15NO5. The summed E-state index contributed by atoms with van der Waals surface area (Å²) >= 11 is 0. The van der Waals surface area contributed by atoms with Crippen LogP contribution in [0.25, 0.3) is 0 Å². The van der Waals surface area contributed by atoms with E-state index < -0.39 is 30.2 Å². The summed E-state index contributed by atoms with van der Waals surface area (Å²) in [4.78, 5) is 11.5. The molecule has 4 atom stereocenters. The van der Waals surface area contributed by atoms with Gasteiger partial charge in [-0.2, -0.15) is 0 Å². The van der Waals surface area contributed by atoms with Gasteiger partial charge in [-0.3, -0.25) is 4.79 Å². The highest BCUT2D eigenvalue weighted by molar-refractivity contribution is 5.82. The molecule has 2 saturated heterocycles. The van der Waals surface area contributed by atoms with E-state index in [0.29, 0.717) is 0 Å². The molecule has 6 nitrogen and oxygen atoms in total. The van der Waals surface area contributed by atoms with E-state index in [-0.39, 0.29) is 12.5 Å². The van der Waals surface area contributed by atoms with Crippen LogP contribution in [0.5, 0.6) is 0 Å². The predicted molar refractivity (Wildman–Crippen MR) is 48.8 cm³/mol. The molecule has 2 fully saturated rings. The summed E-state index contributed by atoms with van der Waals surface area (Å²) in [6, 6.07) is 0. The Morgan fingerprint density at radius 2 is 2.07 bits per heavy atom. The monoisotopic (exact) mass is 217 g/mol. The van der Waals surface area contributed by atoms with E-state index in [0.717, 1.165) is 0 Å². The highest BCUT2D eigenvalue weighted by Gasteiger charge is 2.51. The van der Waals surface area contributed by atoms with Gasteiger partial charge in [0, 0.05) is 6.54 Å². The Kier molecular flexibility index (Phi) is 2.46. The number of fused-ring (bicyclic) bond motifs is 1. The Morgan fingerprint density at radius 3 is 2.73 bits per heavy atom. The van der Waals surface area contributed by atoms with E-state index in [1.807, 2.05) is 0 Å². The first-order chi connectivity index (χ1) is 6.91. The Labute approximate surface area is 87.2 Å². The predicted octanol–water partition coefficient (Wildman–Crippen LogP) is -1.64. The minimum Gasteiger partial charge on any atom is -0.388 e. The van der Waals surface area contributed by atoms with Crippen LogP contribution in [0, 0.1) is 0 Å². The number of rotatable bonds is 0. The Hall–Kier alpha value is -0.690. The van der Waals surface area contributed by atoms with Crippen LogP contribution < -0.4 is 5.32 Å². The summed E-state index contributed by atoms with van der Waals surface area (Å²) in [5.74, 6) is -1.27. The number of carbonyl (C=O) groups is 1. The van der Waals surface area contributed by atoms with Gasteiger partial charge in [0.2, 0.25) is 0 Å². The summed E-state index contributed by atoms with van der Waals surface area (Å²) in [7, 11) is 0. The van der Waals surface area contributed by atoms with Crippen molar-refractivity contribution in [1.29, 1.82) is 0 Å². The van der Waals surface area contributed by atoms with E-state index in [2.05, 4.69) is 5.32 Å². The molecule has 0 aromatic rings. The lowest BCUT2D eigenvalue weighted by Crippen LogP contribution is -2.43. The second-order valence-corrected chi connectivity index (χ2v) is 4.32. The first kappa shape index (κ1) is 10.8. The molecule has 2 rings (SSSR count). The molecule has 0 spiro atoms. The summed E-state index contributed by atoms with van der Waals surface area (Å²) in [6.07, 6.45) is -3.80. The number of amides is 1. The molecule has 0 radical (unpaired) electrons. The Morgan fingerprint density at radius 1 is 1.40 bits per heavy atom. The van der Waals surface area contributed by atoms with Crippen LogP contribution in [0.3, 0.4) is 0 Å². The molecule has 3 N–H and O–H groups in total. The molecule has 0 unspecified atom stereocenters. The third kappa shape index (κ3) is 1.85. The lowest BCUT2D eigenvalue weighted by molar-refractivity contribution is -0.167. The summed E-state index contributed by atoms with van der Waals surface area (Å²) in [5.41, 5.74) is 0. The summed E-state index contributed by atoms with van der Waals surface area (Å²) in [6.45, 7) is 3.34. The fraction of sp³-hybridized carbons (Fsp3) is 0.889. The minimum atomic E-state index is -1.12. The smallest absolute Gasteiger partial charge is 0.252 e. The molecule has 0 aromatic carbocycles. The molecule has 1 amide bonds. The lowest BCUT2D eigenvalue weighted by Gasteiger charge is -2.22. The molecule has 0 aliphatic carbocycles. The van der Waals surface area contributed by atoms with Gasteiger partial charge in [-0.15, -0.1) is 0 Å². The van der Waals surface area contributed by atoms with Crippen molar-refractivity contribution in [3.05, 3.63) is 0 Å². The number of aliphatic hydroxyl groups excluding tert-OH is 2. The van der Waals surface area contributed by atoms with Crippen molar-refractivity contribution >= 4 is 5.91 Å². The quantitative estimate of drug-likeness (QED) is 0.453. The second-order valence-electron chi connectivity index (χ2n) is 4.32. The van der Waals surface area contributed by atoms with Gasteiger partial charge in [-0.1, -0.05) is 0 Å². The normalized spacial score (nSPS) is 44.4. The fourth-order valence-electron chi connectivity index (χ4n) is 1.89. The number of hydrogen-bond donors (Lipinski definition) is 3. The first-order valence-corrected chi connectivity index (χ1v) is 4.90. The minimum absolute atomic E-state index is 0.0140. The van der Waals surface area contributed by atoms with Gasteiger partial charge < -0.3 is 25.0 Å². The van der Waals surface area contributed by atoms with Crippen molar-refractivity contribution in [2.24, 2.45) is 0 Å². The van der Waals surface area contributed by atoms with Crippen molar-refractivity contribution in [3.8, 4) is 0 Å². The van der Waals surface area contributed by atoms with Gasteiger partial charge in [0.15, 0.2) is 11.9 Å². The van der Waals surface area contributed by atoms with Crippen LogP contribution in [0.4, 0.5) is 0 Å². The maximum atomic E-state index is 11.5. The van der Waals surface area contributed by atoms with Crippen LogP contribution in [-0.4, -0.2) is 52.9 Å². The molecule has 15 heavy (non-hydrogen) atoms. The van der Waals surface area contributed by atoms with Gasteiger partial charge in [0.1, 0.15) is 12.2 Å². The Balaban J connectivity index is 2.24. The standard InChI is InChI=1S/C9H15NO5/c1-9(2)14-6-5(12)4(11)3-10-8(13)7(6)15-9/h4-7,11-12H,3H2,1-2H3,(H,10,13)/t4-,5+,6-,7-/m0/s1. The third-order valence-electron chi connectivity index (χ3n) is 2.60. The zero-order chi connectivity index (χ0) is 11.2. The van der Waals surface area contributed by atoms with Crippen LogP contribution in [0.15, 0.2) is 0 Å². The van der Waals surface area contributed by atoms with Crippen molar-refractivity contribution in [2.75, 3.05) is 6.54 Å². The summed E-state index contributed by atoms with van der Waals surface area (Å²) in [5, 5.41) is 21.7. The highest BCUT2D eigenvalue weighted by atomic mass is 16.8. The zero-order valence-electron chi connectivity index (χ0n) is 8.64. The van der Waals surface area contributed by atoms with E-state index in [4.69, 9.17) is 9.47 Å². The van der Waals surface area contributed by atoms with Crippen molar-refractivity contribution in [1.82, 2.24) is 5.32 Å². The zero-order valence-corrected chi connectivity index (χ0v) is 8.64. The SMILES string of the molecule is CC1(C)O[C@H]2[C@H](O)[C@@H](O)CNC(=O)[C@H]2O1. The Bertz CT molecular complexity index is 280. The molecule has 0 saturated carbocycles. The number of β-amino-alcohol motifs (C(OH)–C–C–N with tert-alkyl or cyclic N) is 1. The molecule has 0 aromatic heterocycles. The number of ether oxygens (including phenoxy) is 2. The average Bonchev–Trinajstić information content (AvgIpc) is 2.44.